The van der Waals surface area contributed by atoms with Gasteiger partial charge >= 0.3 is 5.97 Å². The van der Waals surface area contributed by atoms with Crippen LogP contribution in [0.5, 0.6) is 0 Å². The first kappa shape index (κ1) is 27.0. The van der Waals surface area contributed by atoms with Gasteiger partial charge in [0.15, 0.2) is 0 Å². The molecule has 1 fully saturated rings. The first-order chi connectivity index (χ1) is 18.4. The molecule has 0 radical (unpaired) electrons. The topological polar surface area (TPSA) is 153 Å². The number of pyridine rings is 1. The highest BCUT2D eigenvalue weighted by atomic mass is 16.4. The largest absolute Gasteiger partial charge is 0.512 e. The van der Waals surface area contributed by atoms with Crippen molar-refractivity contribution in [2.45, 2.75) is 13.0 Å². The molecule has 0 spiro atoms. The maximum atomic E-state index is 11.9. The zero-order chi connectivity index (χ0) is 26.9. The van der Waals surface area contributed by atoms with Crippen LogP contribution in [-0.2, 0) is 6.54 Å². The molecule has 1 aromatic carbocycles. The van der Waals surface area contributed by atoms with Gasteiger partial charge in [-0.15, -0.1) is 0 Å². The first-order valence-corrected chi connectivity index (χ1v) is 12.6. The molecule has 0 saturated carbocycles. The van der Waals surface area contributed by atoms with E-state index in [0.717, 1.165) is 50.5 Å². The maximum Gasteiger partial charge on any atom is 0.336 e. The van der Waals surface area contributed by atoms with Gasteiger partial charge in [0.25, 0.3) is 0 Å². The van der Waals surface area contributed by atoms with E-state index in [4.69, 9.17) is 5.73 Å². The van der Waals surface area contributed by atoms with Crippen molar-refractivity contribution >= 4 is 23.4 Å². The van der Waals surface area contributed by atoms with Crippen LogP contribution in [0.2, 0.25) is 0 Å². The fourth-order valence-electron chi connectivity index (χ4n) is 4.29. The molecule has 38 heavy (non-hydrogen) atoms. The summed E-state index contributed by atoms with van der Waals surface area (Å²) < 4.78 is 0. The number of nitrogens with one attached hydrogen (secondary N) is 2. The highest BCUT2D eigenvalue weighted by Crippen LogP contribution is 2.23. The Morgan fingerprint density at radius 1 is 1.05 bits per heavy atom. The van der Waals surface area contributed by atoms with Gasteiger partial charge in [-0.3, -0.25) is 9.80 Å². The van der Waals surface area contributed by atoms with Crippen LogP contribution in [0.25, 0.3) is 11.3 Å². The van der Waals surface area contributed by atoms with Crippen LogP contribution in [0.3, 0.4) is 0 Å². The van der Waals surface area contributed by atoms with E-state index in [1.165, 1.54) is 0 Å². The van der Waals surface area contributed by atoms with Crippen LogP contribution in [-0.4, -0.2) is 86.7 Å². The molecule has 0 aliphatic carbocycles. The van der Waals surface area contributed by atoms with E-state index in [1.807, 2.05) is 24.3 Å². The number of benzene rings is 1. The number of nitrogens with two attached hydrogens (primary N) is 1. The zero-order valence-electron chi connectivity index (χ0n) is 21.3. The maximum absolute atomic E-state index is 11.9. The number of rotatable bonds is 12. The lowest BCUT2D eigenvalue weighted by atomic mass is 10.1. The average Bonchev–Trinajstić information content (AvgIpc) is 2.90. The zero-order valence-corrected chi connectivity index (χ0v) is 21.3. The summed E-state index contributed by atoms with van der Waals surface area (Å²) in [6.45, 7) is 9.00. The highest BCUT2D eigenvalue weighted by molar-refractivity contribution is 5.90. The van der Waals surface area contributed by atoms with E-state index in [2.05, 4.69) is 42.0 Å². The molecule has 3 heterocycles. The van der Waals surface area contributed by atoms with Crippen molar-refractivity contribution < 1.29 is 15.0 Å². The van der Waals surface area contributed by atoms with Crippen LogP contribution in [0.4, 0.5) is 17.5 Å². The summed E-state index contributed by atoms with van der Waals surface area (Å²) in [5.41, 5.74) is 8.78. The number of carboxylic acids is 1. The van der Waals surface area contributed by atoms with Gasteiger partial charge in [0.05, 0.1) is 23.6 Å². The number of piperazine rings is 1. The van der Waals surface area contributed by atoms with Crippen molar-refractivity contribution in [3.63, 3.8) is 0 Å². The monoisotopic (exact) mass is 518 g/mol. The van der Waals surface area contributed by atoms with Crippen molar-refractivity contribution in [2.75, 3.05) is 56.4 Å². The number of aliphatic hydroxyl groups excluding tert-OH is 1. The van der Waals surface area contributed by atoms with Crippen molar-refractivity contribution in [3.8, 4) is 11.3 Å². The predicted octanol–water partition coefficient (Wildman–Crippen LogP) is 2.93. The Labute approximate surface area is 222 Å². The van der Waals surface area contributed by atoms with E-state index < -0.39 is 5.97 Å². The molecular weight excluding hydrogens is 484 g/mol. The fraction of sp³-hybridized carbons (Fsp3) is 0.333. The van der Waals surface area contributed by atoms with Gasteiger partial charge in [-0.05, 0) is 54.9 Å². The minimum Gasteiger partial charge on any atom is -0.512 e. The van der Waals surface area contributed by atoms with Crippen LogP contribution in [0.1, 0.15) is 22.3 Å². The van der Waals surface area contributed by atoms with Crippen LogP contribution >= 0.6 is 0 Å². The molecule has 3 aromatic rings. The Morgan fingerprint density at radius 3 is 2.53 bits per heavy atom. The SMILES string of the molecule is C=C(O)CN1CCN(Cc2cc(Nc3nccc(-c4ccc(NCCCN)nc4)n3)ccc2C(=O)O)CC1. The number of aromatic nitrogens is 3. The third-order valence-corrected chi connectivity index (χ3v) is 6.26. The molecule has 1 aliphatic rings. The molecule has 4 rings (SSSR count). The number of carbonyl (C=O) groups is 1. The first-order valence-electron chi connectivity index (χ1n) is 12.6. The predicted molar refractivity (Wildman–Crippen MR) is 148 cm³/mol. The lowest BCUT2D eigenvalue weighted by Crippen LogP contribution is -2.46. The molecule has 0 bridgehead atoms. The van der Waals surface area contributed by atoms with E-state index in [0.29, 0.717) is 42.5 Å². The fourth-order valence-corrected chi connectivity index (χ4v) is 4.29. The average molecular weight is 519 g/mol. The minimum absolute atomic E-state index is 0.153. The second-order valence-electron chi connectivity index (χ2n) is 9.19. The standard InChI is InChI=1S/C27H34N8O3/c1-19(36)17-34-11-13-35(14-12-34)18-21-15-22(4-5-23(21)26(37)38)32-27-30-10-7-24(33-27)20-3-6-25(31-16-20)29-9-2-8-28/h3-7,10,15-16,36H,1-2,8-9,11-14,17-18,28H2,(H,29,31)(H,37,38)(H,30,32,33). The van der Waals surface area contributed by atoms with Crippen LogP contribution in [0, 0.1) is 0 Å². The minimum atomic E-state index is -0.964. The summed E-state index contributed by atoms with van der Waals surface area (Å²) in [5.74, 6) is 0.370. The summed E-state index contributed by atoms with van der Waals surface area (Å²) in [7, 11) is 0. The number of nitrogens with zero attached hydrogens (tertiary/aromatic N) is 5. The molecule has 2 aromatic heterocycles. The third kappa shape index (κ3) is 7.48. The second kappa shape index (κ2) is 13.0. The van der Waals surface area contributed by atoms with Crippen molar-refractivity contribution in [1.82, 2.24) is 24.8 Å². The number of anilines is 3. The number of hydrogen-bond acceptors (Lipinski definition) is 10. The smallest absolute Gasteiger partial charge is 0.336 e. The lowest BCUT2D eigenvalue weighted by Gasteiger charge is -2.34. The van der Waals surface area contributed by atoms with Crippen LogP contribution in [0.15, 0.2) is 61.1 Å². The van der Waals surface area contributed by atoms with E-state index >= 15 is 0 Å². The molecule has 11 nitrogen and oxygen atoms in total. The van der Waals surface area contributed by atoms with Crippen molar-refractivity contribution in [2.24, 2.45) is 5.73 Å². The molecule has 1 saturated heterocycles. The second-order valence-corrected chi connectivity index (χ2v) is 9.19. The van der Waals surface area contributed by atoms with E-state index in [-0.39, 0.29) is 11.3 Å². The van der Waals surface area contributed by atoms with Gasteiger partial charge in [-0.1, -0.05) is 6.58 Å². The van der Waals surface area contributed by atoms with Gasteiger partial charge in [-0.2, -0.15) is 0 Å². The molecule has 11 heteroatoms. The molecule has 0 unspecified atom stereocenters. The molecule has 0 amide bonds. The summed E-state index contributed by atoms with van der Waals surface area (Å²) >= 11 is 0. The van der Waals surface area contributed by atoms with E-state index in [9.17, 15) is 15.0 Å². The van der Waals surface area contributed by atoms with Gasteiger partial charge < -0.3 is 26.6 Å². The number of aromatic carboxylic acids is 1. The Hall–Kier alpha value is -4.06. The Balaban J connectivity index is 1.44. The summed E-state index contributed by atoms with van der Waals surface area (Å²) in [5, 5.41) is 25.6. The third-order valence-electron chi connectivity index (χ3n) is 6.26. The van der Waals surface area contributed by atoms with Gasteiger partial charge in [0.2, 0.25) is 5.95 Å². The Kier molecular flexibility index (Phi) is 9.20. The van der Waals surface area contributed by atoms with Gasteiger partial charge in [0.1, 0.15) is 5.82 Å². The summed E-state index contributed by atoms with van der Waals surface area (Å²) in [6, 6.07) is 10.8. The highest BCUT2D eigenvalue weighted by Gasteiger charge is 2.20. The van der Waals surface area contributed by atoms with Crippen molar-refractivity contribution in [1.29, 1.82) is 0 Å². The number of aliphatic hydroxyl groups is 1. The van der Waals surface area contributed by atoms with Crippen LogP contribution < -0.4 is 16.4 Å². The normalized spacial score (nSPS) is 14.2. The number of carboxylic acid groups (broad SMARTS) is 1. The molecule has 1 aliphatic heterocycles. The molecule has 6 N–H and O–H groups in total. The lowest BCUT2D eigenvalue weighted by molar-refractivity contribution is 0.0692. The van der Waals surface area contributed by atoms with Gasteiger partial charge in [0, 0.05) is 62.9 Å². The molecular formula is C27H34N8O3. The molecule has 200 valence electrons. The Bertz CT molecular complexity index is 1240. The summed E-state index contributed by atoms with van der Waals surface area (Å²) in [6.07, 6.45) is 4.30. The quantitative estimate of drug-likeness (QED) is 0.178. The van der Waals surface area contributed by atoms with E-state index in [1.54, 1.807) is 24.5 Å². The Morgan fingerprint density at radius 2 is 1.84 bits per heavy atom. The van der Waals surface area contributed by atoms with Crippen molar-refractivity contribution in [3.05, 3.63) is 72.3 Å². The summed E-state index contributed by atoms with van der Waals surface area (Å²) in [4.78, 5) is 29.6. The molecule has 0 atom stereocenters. The number of hydrogen-bond donors (Lipinski definition) is 5. The van der Waals surface area contributed by atoms with Gasteiger partial charge in [-0.25, -0.2) is 19.7 Å².